The maximum atomic E-state index is 5.86. The van der Waals surface area contributed by atoms with Gasteiger partial charge in [0, 0.05) is 7.05 Å². The van der Waals surface area contributed by atoms with Crippen LogP contribution in [0.5, 0.6) is 0 Å². The molecule has 1 aliphatic heterocycles. The lowest BCUT2D eigenvalue weighted by molar-refractivity contribution is 0.232. The SMILES string of the molecule is CN1NN=C(c2c(N)ncnc2Cl)N1. The van der Waals surface area contributed by atoms with Crippen molar-refractivity contribution in [1.82, 2.24) is 26.0 Å². The number of rotatable bonds is 1. The summed E-state index contributed by atoms with van der Waals surface area (Å²) in [6, 6.07) is 0. The minimum absolute atomic E-state index is 0.265. The van der Waals surface area contributed by atoms with Gasteiger partial charge >= 0.3 is 0 Å². The lowest BCUT2D eigenvalue weighted by Crippen LogP contribution is -2.38. The largest absolute Gasteiger partial charge is 0.383 e. The third-order valence-corrected chi connectivity index (χ3v) is 1.94. The van der Waals surface area contributed by atoms with Crippen LogP contribution in [0.1, 0.15) is 5.56 Å². The van der Waals surface area contributed by atoms with E-state index in [2.05, 4.69) is 26.0 Å². The summed E-state index contributed by atoms with van der Waals surface area (Å²) in [7, 11) is 1.75. The lowest BCUT2D eigenvalue weighted by Gasteiger charge is -2.09. The van der Waals surface area contributed by atoms with Crippen molar-refractivity contribution in [2.45, 2.75) is 0 Å². The van der Waals surface area contributed by atoms with Crippen LogP contribution in [0.2, 0.25) is 5.15 Å². The number of hydrazone groups is 1. The molecule has 4 N–H and O–H groups in total. The summed E-state index contributed by atoms with van der Waals surface area (Å²) < 4.78 is 0. The second kappa shape index (κ2) is 3.28. The summed E-state index contributed by atoms with van der Waals surface area (Å²) in [5.74, 6) is 0.781. The Bertz CT molecular complexity index is 370. The van der Waals surface area contributed by atoms with E-state index in [1.807, 2.05) is 0 Å². The van der Waals surface area contributed by atoms with Gasteiger partial charge in [0.15, 0.2) is 5.84 Å². The average Bonchev–Trinajstić information content (AvgIpc) is 2.51. The minimum atomic E-state index is 0.265. The number of amidine groups is 1. The van der Waals surface area contributed by atoms with Gasteiger partial charge in [-0.2, -0.15) is 0 Å². The van der Waals surface area contributed by atoms with Crippen molar-refractivity contribution in [1.29, 1.82) is 0 Å². The molecule has 7 nitrogen and oxygen atoms in total. The van der Waals surface area contributed by atoms with E-state index >= 15 is 0 Å². The molecule has 2 rings (SSSR count). The van der Waals surface area contributed by atoms with E-state index in [4.69, 9.17) is 17.3 Å². The molecule has 0 saturated carbocycles. The number of hydrogen-bond acceptors (Lipinski definition) is 7. The van der Waals surface area contributed by atoms with Gasteiger partial charge in [-0.25, -0.2) is 15.5 Å². The zero-order valence-electron chi connectivity index (χ0n) is 7.32. The zero-order valence-corrected chi connectivity index (χ0v) is 8.08. The smallest absolute Gasteiger partial charge is 0.177 e. The van der Waals surface area contributed by atoms with Gasteiger partial charge in [-0.15, -0.1) is 10.2 Å². The maximum absolute atomic E-state index is 5.86. The fourth-order valence-electron chi connectivity index (χ4n) is 1.04. The van der Waals surface area contributed by atoms with Crippen LogP contribution >= 0.6 is 11.6 Å². The highest BCUT2D eigenvalue weighted by Crippen LogP contribution is 2.17. The molecule has 0 atom stereocenters. The van der Waals surface area contributed by atoms with Crippen molar-refractivity contribution >= 4 is 23.3 Å². The number of nitrogen functional groups attached to an aromatic ring is 1. The molecule has 0 aliphatic carbocycles. The van der Waals surface area contributed by atoms with Gasteiger partial charge in [-0.1, -0.05) is 11.6 Å². The van der Waals surface area contributed by atoms with Crippen LogP contribution in [0.15, 0.2) is 11.4 Å². The molecule has 0 bridgehead atoms. The predicted molar refractivity (Wildman–Crippen MR) is 52.0 cm³/mol. The molecule has 74 valence electrons. The predicted octanol–water partition coefficient (Wildman–Crippen LogP) is -0.672. The molecule has 0 unspecified atom stereocenters. The lowest BCUT2D eigenvalue weighted by atomic mass is 10.3. The van der Waals surface area contributed by atoms with Crippen LogP contribution in [0.25, 0.3) is 0 Å². The van der Waals surface area contributed by atoms with Crippen LogP contribution in [0.4, 0.5) is 5.82 Å². The van der Waals surface area contributed by atoms with E-state index in [0.29, 0.717) is 11.4 Å². The molecular weight excluding hydrogens is 206 g/mol. The molecule has 0 radical (unpaired) electrons. The molecule has 0 aromatic carbocycles. The number of halogens is 1. The third kappa shape index (κ3) is 1.42. The standard InChI is InChI=1S/C6H8ClN7/c1-14-12-6(11-13-14)3-4(7)9-2-10-5(3)8/h2,13H,1H3,(H,11,12)(H2,8,9,10). The fourth-order valence-corrected chi connectivity index (χ4v) is 1.27. The van der Waals surface area contributed by atoms with E-state index in [9.17, 15) is 0 Å². The van der Waals surface area contributed by atoms with Crippen molar-refractivity contribution in [2.24, 2.45) is 5.10 Å². The van der Waals surface area contributed by atoms with E-state index in [1.165, 1.54) is 6.33 Å². The van der Waals surface area contributed by atoms with E-state index in [1.54, 1.807) is 12.2 Å². The van der Waals surface area contributed by atoms with Gasteiger partial charge in [0.1, 0.15) is 17.3 Å². The van der Waals surface area contributed by atoms with Gasteiger partial charge in [0.05, 0.1) is 5.56 Å². The molecule has 1 aromatic heterocycles. The Balaban J connectivity index is 2.42. The van der Waals surface area contributed by atoms with Crippen molar-refractivity contribution < 1.29 is 0 Å². The Morgan fingerprint density at radius 1 is 1.50 bits per heavy atom. The highest BCUT2D eigenvalue weighted by molar-refractivity contribution is 6.33. The average molecular weight is 214 g/mol. The first-order valence-electron chi connectivity index (χ1n) is 3.78. The number of nitrogens with zero attached hydrogens (tertiary/aromatic N) is 4. The van der Waals surface area contributed by atoms with Crippen molar-refractivity contribution in [2.75, 3.05) is 12.8 Å². The Morgan fingerprint density at radius 3 is 2.86 bits per heavy atom. The Labute approximate surface area is 84.9 Å². The first kappa shape index (κ1) is 8.97. The van der Waals surface area contributed by atoms with E-state index in [0.717, 1.165) is 0 Å². The number of aromatic nitrogens is 2. The van der Waals surface area contributed by atoms with Gasteiger partial charge in [0.25, 0.3) is 0 Å². The first-order valence-corrected chi connectivity index (χ1v) is 4.16. The summed E-state index contributed by atoms with van der Waals surface area (Å²) in [5, 5.41) is 5.76. The van der Waals surface area contributed by atoms with Gasteiger partial charge < -0.3 is 5.73 Å². The van der Waals surface area contributed by atoms with Gasteiger partial charge in [-0.05, 0) is 0 Å². The zero-order chi connectivity index (χ0) is 10.1. The summed E-state index contributed by atoms with van der Waals surface area (Å²) in [6.07, 6.45) is 1.30. The summed E-state index contributed by atoms with van der Waals surface area (Å²) >= 11 is 5.86. The van der Waals surface area contributed by atoms with E-state index in [-0.39, 0.29) is 11.0 Å². The molecule has 0 spiro atoms. The second-order valence-electron chi connectivity index (χ2n) is 2.66. The van der Waals surface area contributed by atoms with Crippen LogP contribution in [0.3, 0.4) is 0 Å². The molecule has 1 aliphatic rings. The topological polar surface area (TPSA) is 91.5 Å². The van der Waals surface area contributed by atoms with Gasteiger partial charge in [0.2, 0.25) is 0 Å². The highest BCUT2D eigenvalue weighted by Gasteiger charge is 2.19. The van der Waals surface area contributed by atoms with Crippen LogP contribution in [-0.4, -0.2) is 28.0 Å². The van der Waals surface area contributed by atoms with Gasteiger partial charge in [-0.3, -0.25) is 5.43 Å². The number of nitrogens with one attached hydrogen (secondary N) is 2. The van der Waals surface area contributed by atoms with Crippen LogP contribution in [-0.2, 0) is 0 Å². The Morgan fingerprint density at radius 2 is 2.29 bits per heavy atom. The van der Waals surface area contributed by atoms with Crippen molar-refractivity contribution in [3.05, 3.63) is 17.0 Å². The summed E-state index contributed by atoms with van der Waals surface area (Å²) in [4.78, 5) is 7.64. The second-order valence-corrected chi connectivity index (χ2v) is 3.01. The number of hydrazine groups is 2. The minimum Gasteiger partial charge on any atom is -0.383 e. The number of hydrogen-bond donors (Lipinski definition) is 3. The monoisotopic (exact) mass is 213 g/mol. The Kier molecular flexibility index (Phi) is 2.10. The van der Waals surface area contributed by atoms with Crippen molar-refractivity contribution in [3.8, 4) is 0 Å². The molecular formula is C6H8ClN7. The number of anilines is 1. The molecule has 0 amide bonds. The maximum Gasteiger partial charge on any atom is 0.177 e. The molecule has 14 heavy (non-hydrogen) atoms. The highest BCUT2D eigenvalue weighted by atomic mass is 35.5. The number of nitrogens with two attached hydrogens (primary N) is 1. The summed E-state index contributed by atoms with van der Waals surface area (Å²) in [5.41, 5.74) is 11.7. The normalized spacial score (nSPS) is 16.0. The molecule has 1 aromatic rings. The molecule has 2 heterocycles. The Hall–Kier alpha value is -1.60. The molecule has 8 heteroatoms. The van der Waals surface area contributed by atoms with Crippen LogP contribution in [0, 0.1) is 0 Å². The summed E-state index contributed by atoms with van der Waals surface area (Å²) in [6.45, 7) is 0. The third-order valence-electron chi connectivity index (χ3n) is 1.65. The van der Waals surface area contributed by atoms with Crippen molar-refractivity contribution in [3.63, 3.8) is 0 Å². The molecule has 0 fully saturated rings. The van der Waals surface area contributed by atoms with Crippen LogP contribution < -0.4 is 16.7 Å². The quantitative estimate of drug-likeness (QED) is 0.536. The molecule has 0 saturated heterocycles. The fraction of sp³-hybridized carbons (Fsp3) is 0.167. The first-order chi connectivity index (χ1) is 6.68. The van der Waals surface area contributed by atoms with E-state index < -0.39 is 0 Å².